The Labute approximate surface area is 171 Å². The van der Waals surface area contributed by atoms with Gasteiger partial charge < -0.3 is 14.8 Å². The first-order valence-corrected chi connectivity index (χ1v) is 9.87. The number of likely N-dealkylation sites (tertiary alicyclic amines) is 1. The van der Waals surface area contributed by atoms with Gasteiger partial charge in [0, 0.05) is 39.6 Å². The summed E-state index contributed by atoms with van der Waals surface area (Å²) >= 11 is 0. The second-order valence-corrected chi connectivity index (χ2v) is 7.32. The molecule has 0 unspecified atom stereocenters. The number of carbonyl (C=O) groups is 2. The number of hydrogen-bond donors (Lipinski definition) is 1. The third-order valence-electron chi connectivity index (χ3n) is 5.22. The van der Waals surface area contributed by atoms with E-state index in [2.05, 4.69) is 22.3 Å². The number of rotatable bonds is 8. The Balaban J connectivity index is 1.81. The number of methoxy groups -OCH3 is 1. The Morgan fingerprint density at radius 3 is 2.34 bits per heavy atom. The van der Waals surface area contributed by atoms with Crippen molar-refractivity contribution in [1.29, 1.82) is 0 Å². The van der Waals surface area contributed by atoms with E-state index >= 15 is 0 Å². The molecule has 0 aliphatic carbocycles. The van der Waals surface area contributed by atoms with Crippen molar-refractivity contribution in [2.45, 2.75) is 38.1 Å². The van der Waals surface area contributed by atoms with Crippen LogP contribution in [0.15, 0.2) is 60.7 Å². The number of nitrogens with zero attached hydrogens (tertiary/aromatic N) is 1. The topological polar surface area (TPSA) is 67.9 Å². The van der Waals surface area contributed by atoms with Gasteiger partial charge in [-0.2, -0.15) is 0 Å². The van der Waals surface area contributed by atoms with E-state index in [0.29, 0.717) is 31.7 Å². The van der Waals surface area contributed by atoms with Gasteiger partial charge in [-0.05, 0) is 17.7 Å². The summed E-state index contributed by atoms with van der Waals surface area (Å²) in [6.07, 6.45) is 0.321. The highest BCUT2D eigenvalue weighted by Crippen LogP contribution is 2.30. The van der Waals surface area contributed by atoms with Crippen molar-refractivity contribution >= 4 is 11.9 Å². The number of hydrogen-bond acceptors (Lipinski definition) is 5. The van der Waals surface area contributed by atoms with Crippen LogP contribution in [0.4, 0.5) is 0 Å². The second kappa shape index (κ2) is 10.2. The molecule has 2 aromatic rings. The molecule has 154 valence electrons. The van der Waals surface area contributed by atoms with E-state index in [-0.39, 0.29) is 30.1 Å². The van der Waals surface area contributed by atoms with Crippen LogP contribution in [0.5, 0.6) is 0 Å². The molecule has 3 atom stereocenters. The lowest BCUT2D eigenvalue weighted by atomic mass is 10.1. The Hall–Kier alpha value is -2.70. The van der Waals surface area contributed by atoms with Crippen molar-refractivity contribution in [3.05, 3.63) is 71.8 Å². The number of carbonyl (C=O) groups excluding carboxylic acids is 2. The molecular formula is C23H28N2O4. The Morgan fingerprint density at radius 2 is 1.72 bits per heavy atom. The first kappa shape index (κ1) is 21.0. The molecule has 2 aromatic carbocycles. The third-order valence-corrected chi connectivity index (χ3v) is 5.22. The monoisotopic (exact) mass is 396 g/mol. The standard InChI is InChI=1S/C23H28N2O4/c1-17(26)24-14-21-22(29-23(27)19-11-7-4-8-12-19)13-20(16-28-2)25(21)15-18-9-5-3-6-10-18/h3-12,20-22H,13-16H2,1-2H3,(H,24,26)/t20-,21+,22-/m0/s1. The molecule has 3 rings (SSSR count). The SMILES string of the molecule is COC[C@@H]1C[C@H](OC(=O)c2ccccc2)[C@@H](CNC(C)=O)N1Cc1ccccc1. The summed E-state index contributed by atoms with van der Waals surface area (Å²) < 4.78 is 11.3. The smallest absolute Gasteiger partial charge is 0.338 e. The van der Waals surface area contributed by atoms with Crippen LogP contribution in [0.25, 0.3) is 0 Å². The molecule has 1 saturated heterocycles. The highest BCUT2D eigenvalue weighted by molar-refractivity contribution is 5.89. The quantitative estimate of drug-likeness (QED) is 0.695. The maximum Gasteiger partial charge on any atom is 0.338 e. The highest BCUT2D eigenvalue weighted by Gasteiger charge is 2.43. The number of esters is 1. The van der Waals surface area contributed by atoms with Gasteiger partial charge in [-0.25, -0.2) is 4.79 Å². The minimum absolute atomic E-state index is 0.0903. The maximum atomic E-state index is 12.7. The second-order valence-electron chi connectivity index (χ2n) is 7.32. The van der Waals surface area contributed by atoms with Gasteiger partial charge in [0.2, 0.25) is 5.91 Å². The van der Waals surface area contributed by atoms with E-state index in [1.807, 2.05) is 36.4 Å². The van der Waals surface area contributed by atoms with E-state index in [0.717, 1.165) is 5.56 Å². The fourth-order valence-corrected chi connectivity index (χ4v) is 3.85. The molecule has 1 aliphatic rings. The molecule has 1 heterocycles. The zero-order chi connectivity index (χ0) is 20.6. The molecule has 0 spiro atoms. The van der Waals surface area contributed by atoms with Gasteiger partial charge >= 0.3 is 5.97 Å². The van der Waals surface area contributed by atoms with Crippen LogP contribution in [-0.4, -0.2) is 55.2 Å². The normalized spacial score (nSPS) is 21.7. The molecule has 1 fully saturated rings. The van der Waals surface area contributed by atoms with Crippen LogP contribution in [0.1, 0.15) is 29.3 Å². The van der Waals surface area contributed by atoms with Gasteiger partial charge in [-0.15, -0.1) is 0 Å². The number of benzene rings is 2. The molecule has 1 amide bonds. The Kier molecular flexibility index (Phi) is 7.38. The Morgan fingerprint density at radius 1 is 1.07 bits per heavy atom. The predicted octanol–water partition coefficient (Wildman–Crippen LogP) is 2.64. The molecule has 29 heavy (non-hydrogen) atoms. The third kappa shape index (κ3) is 5.65. The highest BCUT2D eigenvalue weighted by atomic mass is 16.5. The molecule has 0 saturated carbocycles. The summed E-state index contributed by atoms with van der Waals surface area (Å²) in [5, 5.41) is 2.90. The van der Waals surface area contributed by atoms with Crippen molar-refractivity contribution in [3.63, 3.8) is 0 Å². The van der Waals surface area contributed by atoms with E-state index < -0.39 is 0 Å². The molecular weight excluding hydrogens is 368 g/mol. The Bertz CT molecular complexity index is 797. The summed E-state index contributed by atoms with van der Waals surface area (Å²) in [5.74, 6) is -0.450. The van der Waals surface area contributed by atoms with E-state index in [1.54, 1.807) is 19.2 Å². The fourth-order valence-electron chi connectivity index (χ4n) is 3.85. The van der Waals surface area contributed by atoms with Crippen LogP contribution in [0, 0.1) is 0 Å². The zero-order valence-corrected chi connectivity index (χ0v) is 16.9. The van der Waals surface area contributed by atoms with Crippen LogP contribution >= 0.6 is 0 Å². The van der Waals surface area contributed by atoms with Gasteiger partial charge in [0.15, 0.2) is 0 Å². The van der Waals surface area contributed by atoms with Gasteiger partial charge in [0.1, 0.15) is 6.10 Å². The van der Waals surface area contributed by atoms with Crippen LogP contribution in [0.3, 0.4) is 0 Å². The first-order chi connectivity index (χ1) is 14.1. The van der Waals surface area contributed by atoms with Gasteiger partial charge in [-0.3, -0.25) is 9.69 Å². The van der Waals surface area contributed by atoms with Crippen LogP contribution in [-0.2, 0) is 20.8 Å². The van der Waals surface area contributed by atoms with Crippen molar-refractivity contribution in [2.75, 3.05) is 20.3 Å². The lowest BCUT2D eigenvalue weighted by Gasteiger charge is -2.31. The van der Waals surface area contributed by atoms with Crippen LogP contribution in [0.2, 0.25) is 0 Å². The van der Waals surface area contributed by atoms with Gasteiger partial charge in [0.25, 0.3) is 0 Å². The van der Waals surface area contributed by atoms with Crippen molar-refractivity contribution in [3.8, 4) is 0 Å². The van der Waals surface area contributed by atoms with E-state index in [1.165, 1.54) is 6.92 Å². The first-order valence-electron chi connectivity index (χ1n) is 9.87. The predicted molar refractivity (Wildman–Crippen MR) is 110 cm³/mol. The number of ether oxygens (including phenoxy) is 2. The van der Waals surface area contributed by atoms with Gasteiger partial charge in [0.05, 0.1) is 18.2 Å². The van der Waals surface area contributed by atoms with E-state index in [4.69, 9.17) is 9.47 Å². The molecule has 0 radical (unpaired) electrons. The molecule has 1 N–H and O–H groups in total. The average molecular weight is 396 g/mol. The summed E-state index contributed by atoms with van der Waals surface area (Å²) in [6.45, 7) is 3.13. The van der Waals surface area contributed by atoms with E-state index in [9.17, 15) is 9.59 Å². The minimum Gasteiger partial charge on any atom is -0.457 e. The minimum atomic E-state index is -0.346. The lowest BCUT2D eigenvalue weighted by Crippen LogP contribution is -2.47. The fraction of sp³-hybridized carbons (Fsp3) is 0.391. The molecule has 6 heteroatoms. The van der Waals surface area contributed by atoms with Crippen molar-refractivity contribution < 1.29 is 19.1 Å². The zero-order valence-electron chi connectivity index (χ0n) is 16.9. The summed E-state index contributed by atoms with van der Waals surface area (Å²) in [7, 11) is 1.67. The summed E-state index contributed by atoms with van der Waals surface area (Å²) in [5.41, 5.74) is 1.69. The lowest BCUT2D eigenvalue weighted by molar-refractivity contribution is -0.119. The largest absolute Gasteiger partial charge is 0.457 e. The summed E-state index contributed by atoms with van der Waals surface area (Å²) in [4.78, 5) is 26.5. The van der Waals surface area contributed by atoms with Crippen molar-refractivity contribution in [1.82, 2.24) is 10.2 Å². The molecule has 6 nitrogen and oxygen atoms in total. The molecule has 1 aliphatic heterocycles. The summed E-state index contributed by atoms with van der Waals surface area (Å²) in [6, 6.07) is 19.1. The maximum absolute atomic E-state index is 12.7. The molecule has 0 aromatic heterocycles. The average Bonchev–Trinajstić information content (AvgIpc) is 3.04. The van der Waals surface area contributed by atoms with Crippen LogP contribution < -0.4 is 5.32 Å². The number of nitrogens with one attached hydrogen (secondary N) is 1. The number of amides is 1. The molecule has 0 bridgehead atoms. The van der Waals surface area contributed by atoms with Gasteiger partial charge in [-0.1, -0.05) is 48.5 Å². The van der Waals surface area contributed by atoms with Crippen molar-refractivity contribution in [2.24, 2.45) is 0 Å².